The number of thioether (sulfide) groups is 1. The minimum absolute atomic E-state index is 0.148. The number of para-hydroxylation sites is 1. The molecule has 0 radical (unpaired) electrons. The van der Waals surface area contributed by atoms with Crippen molar-refractivity contribution >= 4 is 62.6 Å². The molecule has 0 saturated carbocycles. The molecule has 1 atom stereocenters. The summed E-state index contributed by atoms with van der Waals surface area (Å²) in [6, 6.07) is 11.6. The van der Waals surface area contributed by atoms with Gasteiger partial charge in [0.2, 0.25) is 5.16 Å². The number of benzene rings is 2. The van der Waals surface area contributed by atoms with Gasteiger partial charge in [-0.2, -0.15) is 0 Å². The highest BCUT2D eigenvalue weighted by atomic mass is 127. The number of fused-ring (bicyclic) bond motifs is 3. The number of phenolic OH excluding ortho intramolecular Hbond substituents is 1. The Morgan fingerprint density at radius 3 is 2.67 bits per heavy atom. The number of aromatic amines is 1. The second-order valence-corrected chi connectivity index (χ2v) is 10.4. The summed E-state index contributed by atoms with van der Waals surface area (Å²) in [6.45, 7) is 2.17. The number of aromatic nitrogens is 3. The van der Waals surface area contributed by atoms with Crippen molar-refractivity contribution in [3.8, 4) is 17.0 Å². The first kappa shape index (κ1) is 21.9. The Labute approximate surface area is 206 Å². The Balaban J connectivity index is 1.83. The second-order valence-electron chi connectivity index (χ2n) is 7.03. The molecule has 0 bridgehead atoms. The van der Waals surface area contributed by atoms with Crippen molar-refractivity contribution in [3.63, 3.8) is 0 Å². The predicted octanol–water partition coefficient (Wildman–Crippen LogP) is 4.89. The third-order valence-electron chi connectivity index (χ3n) is 4.92. The highest BCUT2D eigenvalue weighted by Gasteiger charge is 2.38. The maximum absolute atomic E-state index is 13.1. The van der Waals surface area contributed by atoms with Crippen LogP contribution in [0.3, 0.4) is 0 Å². The molecule has 30 heavy (non-hydrogen) atoms. The van der Waals surface area contributed by atoms with E-state index in [-0.39, 0.29) is 17.5 Å². The summed E-state index contributed by atoms with van der Waals surface area (Å²) in [5, 5.41) is 19.1. The van der Waals surface area contributed by atoms with Crippen LogP contribution in [-0.4, -0.2) is 20.9 Å². The van der Waals surface area contributed by atoms with Crippen LogP contribution in [0.15, 0.2) is 46.3 Å². The van der Waals surface area contributed by atoms with Crippen molar-refractivity contribution in [2.75, 3.05) is 11.1 Å². The number of unbranched alkanes of at least 4 members (excludes halogenated alkanes) is 2. The molecule has 6 nitrogen and oxygen atoms in total. The Kier molecular flexibility index (Phi) is 6.88. The molecule has 4 rings (SSSR count). The maximum Gasteiger partial charge on any atom is 0.325 e. The molecule has 2 aromatic carbocycles. The van der Waals surface area contributed by atoms with Gasteiger partial charge in [0.25, 0.3) is 6.17 Å². The van der Waals surface area contributed by atoms with Crippen molar-refractivity contribution in [1.82, 2.24) is 10.1 Å². The standard InChI is InChI=1S/C21H20I2N4O2S/c1-2-3-6-9-30-21-25-20(29)17-13-7-4-5-8-16(13)24-19(27(17)26-21)12-10-14(22)18(28)15(23)11-12/h4-5,7-8,10-11,19H,2-3,6,9H2,1H3,(H2,25,26,28,29)/p+1/t19-/m1/s1. The van der Waals surface area contributed by atoms with E-state index in [0.29, 0.717) is 10.9 Å². The minimum atomic E-state index is -0.352. The molecule has 1 aromatic heterocycles. The summed E-state index contributed by atoms with van der Waals surface area (Å²) in [5.74, 6) is 1.19. The van der Waals surface area contributed by atoms with Crippen molar-refractivity contribution in [2.45, 2.75) is 37.5 Å². The number of nitrogens with zero attached hydrogens (tertiary/aromatic N) is 2. The Hall–Kier alpha value is -1.34. The van der Waals surface area contributed by atoms with Gasteiger partial charge in [0.05, 0.1) is 18.4 Å². The van der Waals surface area contributed by atoms with Crippen LogP contribution >= 0.6 is 56.9 Å². The lowest BCUT2D eigenvalue weighted by Crippen LogP contribution is -2.55. The second kappa shape index (κ2) is 9.43. The Morgan fingerprint density at radius 1 is 1.20 bits per heavy atom. The topological polar surface area (TPSA) is 81.9 Å². The number of aromatic hydroxyl groups is 1. The summed E-state index contributed by atoms with van der Waals surface area (Å²) in [5.41, 5.74) is 3.03. The molecule has 2 heterocycles. The van der Waals surface area contributed by atoms with Gasteiger partial charge in [-0.1, -0.05) is 43.7 Å². The molecule has 156 valence electrons. The molecule has 0 aliphatic carbocycles. The summed E-state index contributed by atoms with van der Waals surface area (Å²) >= 11 is 5.83. The van der Waals surface area contributed by atoms with Gasteiger partial charge in [-0.05, 0) is 80.5 Å². The molecular formula is C21H21I2N4O2S+. The van der Waals surface area contributed by atoms with Gasteiger partial charge in [0.1, 0.15) is 5.75 Å². The van der Waals surface area contributed by atoms with Crippen molar-refractivity contribution < 1.29 is 9.79 Å². The molecule has 0 spiro atoms. The summed E-state index contributed by atoms with van der Waals surface area (Å²) in [7, 11) is 0. The maximum atomic E-state index is 13.1. The molecule has 0 fully saturated rings. The molecule has 0 amide bonds. The van der Waals surface area contributed by atoms with Crippen LogP contribution in [0.5, 0.6) is 5.75 Å². The van der Waals surface area contributed by atoms with Crippen LogP contribution in [0.4, 0.5) is 5.69 Å². The number of phenols is 1. The monoisotopic (exact) mass is 647 g/mol. The van der Waals surface area contributed by atoms with Crippen molar-refractivity contribution in [1.29, 1.82) is 0 Å². The molecule has 1 aliphatic rings. The van der Waals surface area contributed by atoms with Crippen LogP contribution < -0.4 is 15.6 Å². The predicted molar refractivity (Wildman–Crippen MR) is 136 cm³/mol. The van der Waals surface area contributed by atoms with Crippen LogP contribution in [0.1, 0.15) is 37.9 Å². The van der Waals surface area contributed by atoms with E-state index < -0.39 is 0 Å². The average molecular weight is 647 g/mol. The third kappa shape index (κ3) is 4.33. The van der Waals surface area contributed by atoms with Gasteiger partial charge in [-0.3, -0.25) is 9.78 Å². The molecule has 9 heteroatoms. The fourth-order valence-electron chi connectivity index (χ4n) is 3.44. The van der Waals surface area contributed by atoms with Gasteiger partial charge < -0.3 is 10.4 Å². The van der Waals surface area contributed by atoms with E-state index in [4.69, 9.17) is 5.10 Å². The highest BCUT2D eigenvalue weighted by molar-refractivity contribution is 14.1. The third-order valence-corrected chi connectivity index (χ3v) is 7.52. The number of H-pyrrole nitrogens is 1. The fourth-order valence-corrected chi connectivity index (χ4v) is 6.11. The molecule has 1 aliphatic heterocycles. The minimum Gasteiger partial charge on any atom is -0.506 e. The first-order chi connectivity index (χ1) is 14.5. The average Bonchev–Trinajstić information content (AvgIpc) is 2.74. The first-order valence-electron chi connectivity index (χ1n) is 9.72. The highest BCUT2D eigenvalue weighted by Crippen LogP contribution is 2.34. The summed E-state index contributed by atoms with van der Waals surface area (Å²) in [4.78, 5) is 16.1. The van der Waals surface area contributed by atoms with Gasteiger partial charge >= 0.3 is 11.3 Å². The smallest absolute Gasteiger partial charge is 0.325 e. The van der Waals surface area contributed by atoms with Crippen molar-refractivity contribution in [2.24, 2.45) is 0 Å². The van der Waals surface area contributed by atoms with E-state index in [0.717, 1.165) is 49.0 Å². The van der Waals surface area contributed by atoms with Crippen LogP contribution in [-0.2, 0) is 0 Å². The molecule has 0 unspecified atom stereocenters. The largest absolute Gasteiger partial charge is 0.506 e. The number of anilines is 1. The number of rotatable bonds is 6. The SMILES string of the molecule is CCCCCSc1n[n+]2c(c(=O)[nH]1)-c1ccccc1N[C@H]2c1cc(I)c(O)c(I)c1. The van der Waals surface area contributed by atoms with Gasteiger partial charge in [-0.25, -0.2) is 0 Å². The van der Waals surface area contributed by atoms with Crippen LogP contribution in [0, 0.1) is 7.14 Å². The lowest BCUT2D eigenvalue weighted by molar-refractivity contribution is -0.759. The first-order valence-corrected chi connectivity index (χ1v) is 12.9. The lowest BCUT2D eigenvalue weighted by Gasteiger charge is -2.22. The Bertz CT molecular complexity index is 1130. The van der Waals surface area contributed by atoms with Gasteiger partial charge in [0, 0.05) is 16.4 Å². The van der Waals surface area contributed by atoms with E-state index in [2.05, 4.69) is 62.4 Å². The van der Waals surface area contributed by atoms with Crippen LogP contribution in [0.25, 0.3) is 11.3 Å². The molecule has 0 saturated heterocycles. The van der Waals surface area contributed by atoms with E-state index in [1.54, 1.807) is 16.4 Å². The van der Waals surface area contributed by atoms with E-state index in [1.165, 1.54) is 0 Å². The molecular weight excluding hydrogens is 626 g/mol. The zero-order chi connectivity index (χ0) is 21.3. The molecule has 3 N–H and O–H groups in total. The lowest BCUT2D eigenvalue weighted by atomic mass is 10.0. The van der Waals surface area contributed by atoms with E-state index in [1.807, 2.05) is 36.4 Å². The number of hydrogen-bond donors (Lipinski definition) is 3. The number of halogens is 2. The summed E-state index contributed by atoms with van der Waals surface area (Å²) in [6.07, 6.45) is 3.06. The quantitative estimate of drug-likeness (QED) is 0.154. The zero-order valence-corrected chi connectivity index (χ0v) is 21.4. The number of hydrogen-bond acceptors (Lipinski definition) is 5. The van der Waals surface area contributed by atoms with Gasteiger partial charge in [0.15, 0.2) is 0 Å². The summed E-state index contributed by atoms with van der Waals surface area (Å²) < 4.78 is 3.30. The molecule has 3 aromatic rings. The number of nitrogens with one attached hydrogen (secondary N) is 2. The van der Waals surface area contributed by atoms with E-state index in [9.17, 15) is 9.90 Å². The fraction of sp³-hybridized carbons (Fsp3) is 0.286. The zero-order valence-electron chi connectivity index (χ0n) is 16.3. The van der Waals surface area contributed by atoms with E-state index >= 15 is 0 Å². The normalized spacial score (nSPS) is 14.7. The Morgan fingerprint density at radius 2 is 1.93 bits per heavy atom. The van der Waals surface area contributed by atoms with Crippen molar-refractivity contribution in [3.05, 3.63) is 59.5 Å². The van der Waals surface area contributed by atoms with Gasteiger partial charge in [-0.15, -0.1) is 0 Å². The van der Waals surface area contributed by atoms with Crippen LogP contribution in [0.2, 0.25) is 0 Å².